The van der Waals surface area contributed by atoms with E-state index in [2.05, 4.69) is 5.10 Å². The summed E-state index contributed by atoms with van der Waals surface area (Å²) in [6.07, 6.45) is -10.0. The van der Waals surface area contributed by atoms with E-state index in [1.807, 2.05) is 0 Å². The number of rotatable bonds is 2. The number of alkyl halides is 6. The summed E-state index contributed by atoms with van der Waals surface area (Å²) in [5.74, 6) is -1.27. The van der Waals surface area contributed by atoms with Gasteiger partial charge in [-0.2, -0.15) is 36.7 Å². The summed E-state index contributed by atoms with van der Waals surface area (Å²) >= 11 is 11.4. The Hall–Kier alpha value is -2.12. The van der Waals surface area contributed by atoms with Crippen LogP contribution in [-0.4, -0.2) is 9.78 Å². The van der Waals surface area contributed by atoms with Crippen molar-refractivity contribution in [2.24, 2.45) is 0 Å². The molecular weight excluding hydrogens is 385 g/mol. The predicted octanol–water partition coefficient (Wildman–Crippen LogP) is 4.67. The van der Waals surface area contributed by atoms with Crippen LogP contribution in [0.3, 0.4) is 0 Å². The smallest absolute Gasteiger partial charge is 0.383 e. The lowest BCUT2D eigenvalue weighted by molar-refractivity contribution is -0.138. The summed E-state index contributed by atoms with van der Waals surface area (Å²) in [6, 6.07) is 1.94. The molecule has 128 valence electrons. The fraction of sp³-hybridized carbons (Fsp3) is 0.167. The van der Waals surface area contributed by atoms with Crippen molar-refractivity contribution in [2.75, 3.05) is 5.72 Å². The van der Waals surface area contributed by atoms with Gasteiger partial charge in [-0.3, -0.25) is 0 Å². The molecule has 12 heteroatoms. The Labute approximate surface area is 142 Å². The topological polar surface area (TPSA) is 67.6 Å². The van der Waals surface area contributed by atoms with E-state index >= 15 is 0 Å². The lowest BCUT2D eigenvalue weighted by Gasteiger charge is -2.13. The lowest BCUT2D eigenvalue weighted by atomic mass is 10.2. The Morgan fingerprint density at radius 2 is 1.67 bits per heavy atom. The van der Waals surface area contributed by atoms with Crippen LogP contribution in [0.15, 0.2) is 12.1 Å². The molecule has 0 unspecified atom stereocenters. The average Bonchev–Trinajstić information content (AvgIpc) is 2.85. The van der Waals surface area contributed by atoms with E-state index in [4.69, 9.17) is 31.3 Å². The number of hydrogen-bond acceptors (Lipinski definition) is 3. The maximum atomic E-state index is 13.2. The third-order valence-electron chi connectivity index (χ3n) is 2.81. The minimum atomic E-state index is -5.18. The number of hydrogen-bond donors (Lipinski definition) is 1. The molecule has 0 spiro atoms. The Morgan fingerprint density at radius 1 is 1.12 bits per heavy atom. The summed E-state index contributed by atoms with van der Waals surface area (Å²) in [4.78, 5) is 0. The molecule has 0 aliphatic carbocycles. The van der Waals surface area contributed by atoms with Crippen LogP contribution in [0.5, 0.6) is 0 Å². The molecule has 0 atom stereocenters. The highest BCUT2D eigenvalue weighted by Crippen LogP contribution is 2.41. The molecular formula is C12H4Cl2F6N4. The Morgan fingerprint density at radius 3 is 2.04 bits per heavy atom. The zero-order valence-corrected chi connectivity index (χ0v) is 12.5. The third-order valence-corrected chi connectivity index (χ3v) is 3.38. The Kier molecular flexibility index (Phi) is 3.69. The number of nitrogen functional groups attached to an aromatic ring is 1. The first-order valence-corrected chi connectivity index (χ1v) is 6.49. The van der Waals surface area contributed by atoms with E-state index in [1.165, 1.54) is 0 Å². The average molecular weight is 391 g/mol. The fourth-order valence-electron chi connectivity index (χ4n) is 1.84. The minimum Gasteiger partial charge on any atom is -0.383 e. The first-order chi connectivity index (χ1) is 11.8. The number of aromatic nitrogens is 2. The number of nitriles is 1. The van der Waals surface area contributed by atoms with Crippen molar-refractivity contribution >= 4 is 29.0 Å². The number of benzene rings is 1. The number of nitrogens with zero attached hydrogens (tertiary/aromatic N) is 3. The van der Waals surface area contributed by atoms with E-state index in [1.54, 1.807) is 0 Å². The summed E-state index contributed by atoms with van der Waals surface area (Å²) in [7, 11) is 0. The van der Waals surface area contributed by atoms with Gasteiger partial charge in [-0.25, -0.2) is 4.68 Å². The van der Waals surface area contributed by atoms with Gasteiger partial charge >= 0.3 is 12.4 Å². The molecule has 4 nitrogen and oxygen atoms in total. The molecule has 1 aromatic carbocycles. The van der Waals surface area contributed by atoms with E-state index < -0.39 is 56.4 Å². The van der Waals surface area contributed by atoms with Crippen LogP contribution in [0.1, 0.15) is 16.8 Å². The molecule has 1 aromatic heterocycles. The van der Waals surface area contributed by atoms with Gasteiger partial charge in [0.2, 0.25) is 0 Å². The lowest BCUT2D eigenvalue weighted by Crippen LogP contribution is -2.11. The molecule has 0 saturated carbocycles. The van der Waals surface area contributed by atoms with Crippen LogP contribution < -0.4 is 5.72 Å². The van der Waals surface area contributed by atoms with Gasteiger partial charge in [0.1, 0.15) is 23.1 Å². The Balaban J connectivity index is 2.87. The molecule has 0 saturated heterocycles. The SMILES string of the molecule is [2H]N([2H])c1c(C(F)(F)F)c(C#N)nn1-c1c(Cl)cc(C(F)(F)F)cc1Cl. The van der Waals surface area contributed by atoms with Gasteiger partial charge in [0.25, 0.3) is 0 Å². The van der Waals surface area contributed by atoms with Gasteiger partial charge in [-0.15, -0.1) is 0 Å². The summed E-state index contributed by atoms with van der Waals surface area (Å²) in [5.41, 5.74) is -5.34. The van der Waals surface area contributed by atoms with Gasteiger partial charge in [0.15, 0.2) is 8.52 Å². The molecule has 0 bridgehead atoms. The third kappa shape index (κ3) is 3.09. The first-order valence-electron chi connectivity index (χ1n) is 6.63. The van der Waals surface area contributed by atoms with E-state index in [0.29, 0.717) is 12.1 Å². The van der Waals surface area contributed by atoms with Gasteiger partial charge in [0.05, 0.1) is 15.6 Å². The highest BCUT2D eigenvalue weighted by molar-refractivity contribution is 6.38. The van der Waals surface area contributed by atoms with E-state index in [0.717, 1.165) is 6.07 Å². The zero-order valence-electron chi connectivity index (χ0n) is 13.0. The van der Waals surface area contributed by atoms with Crippen LogP contribution >= 0.6 is 23.2 Å². The molecule has 2 N–H and O–H groups in total. The molecule has 0 aliphatic heterocycles. The van der Waals surface area contributed by atoms with Crippen molar-refractivity contribution in [3.63, 3.8) is 0 Å². The maximum Gasteiger partial charge on any atom is 0.422 e. The number of nitrogens with two attached hydrogens (primary N) is 1. The van der Waals surface area contributed by atoms with Crippen molar-refractivity contribution in [3.05, 3.63) is 39.0 Å². The Bertz CT molecular complexity index is 878. The van der Waals surface area contributed by atoms with E-state index in [9.17, 15) is 26.3 Å². The van der Waals surface area contributed by atoms with Crippen molar-refractivity contribution in [1.29, 1.82) is 5.26 Å². The van der Waals surface area contributed by atoms with Gasteiger partial charge in [0, 0.05) is 0 Å². The van der Waals surface area contributed by atoms with Crippen LogP contribution in [0.4, 0.5) is 32.2 Å². The molecule has 0 aliphatic rings. The number of anilines is 1. The van der Waals surface area contributed by atoms with Crippen LogP contribution in [0.25, 0.3) is 5.69 Å². The number of halogens is 8. The van der Waals surface area contributed by atoms with Gasteiger partial charge < -0.3 is 5.72 Å². The van der Waals surface area contributed by atoms with Crippen LogP contribution in [0.2, 0.25) is 12.9 Å². The maximum absolute atomic E-state index is 13.2. The summed E-state index contributed by atoms with van der Waals surface area (Å²) in [5, 5.41) is 10.7. The van der Waals surface area contributed by atoms with E-state index in [-0.39, 0.29) is 4.68 Å². The highest BCUT2D eigenvalue weighted by Gasteiger charge is 2.40. The van der Waals surface area contributed by atoms with Crippen LogP contribution in [-0.2, 0) is 12.4 Å². The second kappa shape index (κ2) is 5.75. The fourth-order valence-corrected chi connectivity index (χ4v) is 2.48. The monoisotopic (exact) mass is 390 g/mol. The minimum absolute atomic E-state index is 0.228. The van der Waals surface area contributed by atoms with Crippen molar-refractivity contribution < 1.29 is 29.2 Å². The standard InChI is InChI=1S/C12H4Cl2F6N4/c13-5-1-4(11(15,16)17)2-6(14)9(5)24-10(22)8(12(18,19)20)7(3-21)23-24/h1-2H,22H2/i/hD2. The highest BCUT2D eigenvalue weighted by atomic mass is 35.5. The second-order valence-corrected chi connectivity index (χ2v) is 5.17. The molecule has 1 heterocycles. The molecule has 2 rings (SSSR count). The van der Waals surface area contributed by atoms with Gasteiger partial charge in [-0.1, -0.05) is 23.2 Å². The summed E-state index contributed by atoms with van der Waals surface area (Å²) in [6.45, 7) is 0. The second-order valence-electron chi connectivity index (χ2n) is 4.35. The molecule has 0 amide bonds. The quantitative estimate of drug-likeness (QED) is 0.757. The first kappa shape index (κ1) is 15.4. The summed E-state index contributed by atoms with van der Waals surface area (Å²) < 4.78 is 92.4. The van der Waals surface area contributed by atoms with Crippen LogP contribution in [0, 0.1) is 11.3 Å². The van der Waals surface area contributed by atoms with Crippen molar-refractivity contribution in [1.82, 2.24) is 9.78 Å². The molecule has 2 aromatic rings. The zero-order chi connectivity index (χ0) is 20.0. The van der Waals surface area contributed by atoms with Crippen molar-refractivity contribution in [2.45, 2.75) is 12.4 Å². The normalized spacial score (nSPS) is 13.3. The molecule has 0 radical (unpaired) electrons. The van der Waals surface area contributed by atoms with Crippen molar-refractivity contribution in [3.8, 4) is 11.8 Å². The largest absolute Gasteiger partial charge is 0.422 e. The predicted molar refractivity (Wildman–Crippen MR) is 72.7 cm³/mol. The molecule has 0 fully saturated rings. The molecule has 24 heavy (non-hydrogen) atoms. The van der Waals surface area contributed by atoms with Gasteiger partial charge in [-0.05, 0) is 12.1 Å².